The van der Waals surface area contributed by atoms with Crippen molar-refractivity contribution < 1.29 is 14.3 Å². The molecule has 2 aromatic heterocycles. The van der Waals surface area contributed by atoms with Crippen molar-refractivity contribution in [2.24, 2.45) is 5.73 Å². The van der Waals surface area contributed by atoms with Crippen molar-refractivity contribution in [2.45, 2.75) is 26.1 Å². The molecule has 0 saturated carbocycles. The van der Waals surface area contributed by atoms with Gasteiger partial charge in [-0.25, -0.2) is 9.97 Å². The number of pyridine rings is 2. The Morgan fingerprint density at radius 3 is 2.38 bits per heavy atom. The Hall–Kier alpha value is -3.00. The summed E-state index contributed by atoms with van der Waals surface area (Å²) in [6.45, 7) is 5.59. The summed E-state index contributed by atoms with van der Waals surface area (Å²) >= 11 is 0. The van der Waals surface area contributed by atoms with Gasteiger partial charge in [0.25, 0.3) is 11.8 Å². The maximum absolute atomic E-state index is 12.3. The second kappa shape index (κ2) is 7.49. The number of morpholine rings is 1. The van der Waals surface area contributed by atoms with Crippen molar-refractivity contribution in [3.8, 4) is 0 Å². The van der Waals surface area contributed by atoms with E-state index in [1.807, 2.05) is 19.9 Å². The zero-order chi connectivity index (χ0) is 18.7. The maximum atomic E-state index is 12.3. The Morgan fingerprint density at radius 2 is 1.85 bits per heavy atom. The highest BCUT2D eigenvalue weighted by molar-refractivity contribution is 6.04. The van der Waals surface area contributed by atoms with Crippen LogP contribution in [0.25, 0.3) is 0 Å². The fourth-order valence-corrected chi connectivity index (χ4v) is 2.89. The van der Waals surface area contributed by atoms with Gasteiger partial charge in [-0.05, 0) is 38.1 Å². The summed E-state index contributed by atoms with van der Waals surface area (Å²) in [7, 11) is 0. The Morgan fingerprint density at radius 1 is 1.12 bits per heavy atom. The quantitative estimate of drug-likeness (QED) is 0.859. The average molecular weight is 355 g/mol. The summed E-state index contributed by atoms with van der Waals surface area (Å²) in [5, 5.41) is 2.71. The number of rotatable bonds is 4. The fraction of sp³-hybridized carbons (Fsp3) is 0.333. The number of ether oxygens (including phenoxy) is 1. The van der Waals surface area contributed by atoms with Crippen LogP contribution >= 0.6 is 0 Å². The van der Waals surface area contributed by atoms with Gasteiger partial charge in [0, 0.05) is 19.3 Å². The molecule has 8 nitrogen and oxygen atoms in total. The van der Waals surface area contributed by atoms with Crippen molar-refractivity contribution >= 4 is 23.3 Å². The molecule has 2 amide bonds. The summed E-state index contributed by atoms with van der Waals surface area (Å²) in [5.41, 5.74) is 6.19. The number of nitrogens with one attached hydrogen (secondary N) is 1. The van der Waals surface area contributed by atoms with E-state index in [2.05, 4.69) is 20.2 Å². The fourth-order valence-electron chi connectivity index (χ4n) is 2.89. The molecule has 0 spiro atoms. The molecule has 136 valence electrons. The number of amides is 2. The van der Waals surface area contributed by atoms with Crippen molar-refractivity contribution in [1.29, 1.82) is 0 Å². The maximum Gasteiger partial charge on any atom is 0.267 e. The van der Waals surface area contributed by atoms with Crippen LogP contribution in [-0.4, -0.2) is 47.1 Å². The molecular weight excluding hydrogens is 334 g/mol. The third-order valence-corrected chi connectivity index (χ3v) is 4.03. The average Bonchev–Trinajstić information content (AvgIpc) is 2.61. The first-order chi connectivity index (χ1) is 12.4. The van der Waals surface area contributed by atoms with E-state index in [9.17, 15) is 9.59 Å². The first-order valence-corrected chi connectivity index (χ1v) is 8.36. The van der Waals surface area contributed by atoms with E-state index in [4.69, 9.17) is 10.5 Å². The summed E-state index contributed by atoms with van der Waals surface area (Å²) in [4.78, 5) is 33.8. The van der Waals surface area contributed by atoms with Gasteiger partial charge in [-0.15, -0.1) is 0 Å². The molecule has 0 radical (unpaired) electrons. The second-order valence-corrected chi connectivity index (χ2v) is 6.32. The van der Waals surface area contributed by atoms with Gasteiger partial charge in [-0.1, -0.05) is 0 Å². The molecule has 1 aliphatic rings. The number of hydrogen-bond acceptors (Lipinski definition) is 6. The molecule has 2 aromatic rings. The molecule has 1 aliphatic heterocycles. The highest BCUT2D eigenvalue weighted by Gasteiger charge is 2.23. The van der Waals surface area contributed by atoms with Gasteiger partial charge in [0.15, 0.2) is 0 Å². The molecule has 0 aliphatic carbocycles. The lowest BCUT2D eigenvalue weighted by Gasteiger charge is -2.36. The molecule has 1 fully saturated rings. The van der Waals surface area contributed by atoms with E-state index in [0.29, 0.717) is 11.3 Å². The first kappa shape index (κ1) is 17.8. The predicted octanol–water partition coefficient (Wildman–Crippen LogP) is 1.44. The van der Waals surface area contributed by atoms with Crippen LogP contribution in [0.3, 0.4) is 0 Å². The minimum absolute atomic E-state index is 0.138. The molecule has 26 heavy (non-hydrogen) atoms. The molecule has 8 heteroatoms. The monoisotopic (exact) mass is 355 g/mol. The standard InChI is InChI=1S/C18H21N5O3/c1-11-9-23(10-12(2)26-11)16-6-3-13(7-21-16)18(25)22-14-4-5-15(17(19)24)20-8-14/h3-8,11-12H,9-10H2,1-2H3,(H2,19,24)(H,22,25). The van der Waals surface area contributed by atoms with Crippen molar-refractivity contribution in [1.82, 2.24) is 9.97 Å². The third-order valence-electron chi connectivity index (χ3n) is 4.03. The molecule has 3 N–H and O–H groups in total. The predicted molar refractivity (Wildman–Crippen MR) is 97.2 cm³/mol. The van der Waals surface area contributed by atoms with Crippen LogP contribution in [0.5, 0.6) is 0 Å². The molecule has 3 rings (SSSR count). The van der Waals surface area contributed by atoms with E-state index in [0.717, 1.165) is 18.9 Å². The number of hydrogen-bond donors (Lipinski definition) is 2. The van der Waals surface area contributed by atoms with Crippen LogP contribution in [0.15, 0.2) is 36.7 Å². The number of carbonyl (C=O) groups is 2. The van der Waals surface area contributed by atoms with Gasteiger partial charge in [-0.3, -0.25) is 9.59 Å². The normalized spacial score (nSPS) is 19.8. The number of nitrogens with two attached hydrogens (primary N) is 1. The van der Waals surface area contributed by atoms with Crippen LogP contribution in [0.4, 0.5) is 11.5 Å². The zero-order valence-corrected chi connectivity index (χ0v) is 14.7. The zero-order valence-electron chi connectivity index (χ0n) is 14.7. The summed E-state index contributed by atoms with van der Waals surface area (Å²) in [6, 6.07) is 6.59. The summed E-state index contributed by atoms with van der Waals surface area (Å²) in [5.74, 6) is -0.105. The minimum atomic E-state index is -0.616. The summed E-state index contributed by atoms with van der Waals surface area (Å²) < 4.78 is 5.72. The third kappa shape index (κ3) is 4.15. The lowest BCUT2D eigenvalue weighted by atomic mass is 10.2. The molecule has 1 saturated heterocycles. The van der Waals surface area contributed by atoms with E-state index in [1.165, 1.54) is 12.3 Å². The number of anilines is 2. The van der Waals surface area contributed by atoms with E-state index in [-0.39, 0.29) is 23.8 Å². The van der Waals surface area contributed by atoms with Crippen molar-refractivity contribution in [3.63, 3.8) is 0 Å². The SMILES string of the molecule is CC1CN(c2ccc(C(=O)Nc3ccc(C(N)=O)nc3)cn2)CC(C)O1. The van der Waals surface area contributed by atoms with E-state index < -0.39 is 5.91 Å². The molecule has 2 atom stereocenters. The molecular formula is C18H21N5O3. The molecule has 3 heterocycles. The summed E-state index contributed by atoms with van der Waals surface area (Å²) in [6.07, 6.45) is 3.20. The number of aromatic nitrogens is 2. The van der Waals surface area contributed by atoms with Crippen LogP contribution in [0.2, 0.25) is 0 Å². The second-order valence-electron chi connectivity index (χ2n) is 6.32. The van der Waals surface area contributed by atoms with Crippen molar-refractivity contribution in [3.05, 3.63) is 47.9 Å². The Balaban J connectivity index is 1.66. The van der Waals surface area contributed by atoms with Crippen LogP contribution in [0.1, 0.15) is 34.7 Å². The number of primary amides is 1. The van der Waals surface area contributed by atoms with Gasteiger partial charge >= 0.3 is 0 Å². The van der Waals surface area contributed by atoms with Crippen LogP contribution in [0, 0.1) is 0 Å². The largest absolute Gasteiger partial charge is 0.372 e. The van der Waals surface area contributed by atoms with Crippen molar-refractivity contribution in [2.75, 3.05) is 23.3 Å². The topological polar surface area (TPSA) is 110 Å². The first-order valence-electron chi connectivity index (χ1n) is 8.36. The smallest absolute Gasteiger partial charge is 0.267 e. The lowest BCUT2D eigenvalue weighted by molar-refractivity contribution is -0.00546. The van der Waals surface area contributed by atoms with Gasteiger partial charge in [-0.2, -0.15) is 0 Å². The van der Waals surface area contributed by atoms with Crippen LogP contribution < -0.4 is 16.0 Å². The Kier molecular flexibility index (Phi) is 5.13. The van der Waals surface area contributed by atoms with Gasteiger partial charge < -0.3 is 20.7 Å². The van der Waals surface area contributed by atoms with Gasteiger partial charge in [0.2, 0.25) is 0 Å². The molecule has 2 unspecified atom stereocenters. The van der Waals surface area contributed by atoms with E-state index in [1.54, 1.807) is 18.3 Å². The Bertz CT molecular complexity index is 781. The highest BCUT2D eigenvalue weighted by Crippen LogP contribution is 2.19. The number of carbonyl (C=O) groups excluding carboxylic acids is 2. The van der Waals surface area contributed by atoms with Gasteiger partial charge in [0.05, 0.1) is 29.7 Å². The molecule has 0 aromatic carbocycles. The van der Waals surface area contributed by atoms with Crippen LogP contribution in [-0.2, 0) is 4.74 Å². The molecule has 0 bridgehead atoms. The lowest BCUT2D eigenvalue weighted by Crippen LogP contribution is -2.45. The minimum Gasteiger partial charge on any atom is -0.372 e. The number of nitrogens with zero attached hydrogens (tertiary/aromatic N) is 3. The Labute approximate surface area is 151 Å². The van der Waals surface area contributed by atoms with Gasteiger partial charge in [0.1, 0.15) is 11.5 Å². The van der Waals surface area contributed by atoms with E-state index >= 15 is 0 Å². The highest BCUT2D eigenvalue weighted by atomic mass is 16.5.